The Hall–Kier alpha value is -2.54. The van der Waals surface area contributed by atoms with Gasteiger partial charge in [0.15, 0.2) is 11.5 Å². The summed E-state index contributed by atoms with van der Waals surface area (Å²) in [7, 11) is 0. The molecular weight excluding hydrogens is 360 g/mol. The van der Waals surface area contributed by atoms with Crippen LogP contribution in [0.25, 0.3) is 0 Å². The van der Waals surface area contributed by atoms with E-state index in [1.54, 1.807) is 4.90 Å². The molecule has 4 atom stereocenters. The fourth-order valence-electron chi connectivity index (χ4n) is 4.94. The minimum absolute atomic E-state index is 0.00830. The van der Waals surface area contributed by atoms with Crippen LogP contribution in [0, 0.1) is 11.8 Å². The van der Waals surface area contributed by atoms with Gasteiger partial charge in [-0.15, -0.1) is 0 Å². The largest absolute Gasteiger partial charge is 0.454 e. The van der Waals surface area contributed by atoms with Gasteiger partial charge in [0.1, 0.15) is 5.60 Å². The molecule has 1 spiro atoms. The van der Waals surface area contributed by atoms with Crippen molar-refractivity contribution in [2.45, 2.75) is 38.4 Å². The van der Waals surface area contributed by atoms with Crippen LogP contribution in [0.4, 0.5) is 5.69 Å². The second-order valence-electron chi connectivity index (χ2n) is 7.85. The number of likely N-dealkylation sites (tertiary alicyclic amines) is 1. The number of fused-ring (bicyclic) bond motifs is 2. The average Bonchev–Trinajstić information content (AvgIpc) is 3.42. The van der Waals surface area contributed by atoms with Crippen molar-refractivity contribution in [3.63, 3.8) is 0 Å². The number of aryl methyl sites for hydroxylation is 1. The van der Waals surface area contributed by atoms with Crippen molar-refractivity contribution in [2.24, 2.45) is 11.8 Å². The molecule has 7 heteroatoms. The lowest BCUT2D eigenvalue weighted by atomic mass is 9.76. The van der Waals surface area contributed by atoms with Crippen LogP contribution < -0.4 is 14.8 Å². The molecule has 148 valence electrons. The first kappa shape index (κ1) is 17.6. The first-order valence-electron chi connectivity index (χ1n) is 9.95. The third kappa shape index (κ3) is 2.38. The summed E-state index contributed by atoms with van der Waals surface area (Å²) in [6, 6.07) is 3.75. The molecule has 1 N–H and O–H groups in total. The minimum atomic E-state index is -0.652. The van der Waals surface area contributed by atoms with Crippen molar-refractivity contribution >= 4 is 17.5 Å². The second-order valence-corrected chi connectivity index (χ2v) is 7.85. The van der Waals surface area contributed by atoms with Crippen LogP contribution in [0.2, 0.25) is 0 Å². The molecule has 1 aromatic rings. The topological polar surface area (TPSA) is 77.1 Å². The summed E-state index contributed by atoms with van der Waals surface area (Å²) in [5.41, 5.74) is 1.07. The lowest BCUT2D eigenvalue weighted by molar-refractivity contribution is -0.135. The summed E-state index contributed by atoms with van der Waals surface area (Å²) in [4.78, 5) is 27.9. The Labute approximate surface area is 163 Å². The van der Waals surface area contributed by atoms with E-state index in [9.17, 15) is 9.59 Å². The van der Waals surface area contributed by atoms with Crippen molar-refractivity contribution in [1.82, 2.24) is 4.90 Å². The molecule has 2 saturated heterocycles. The molecule has 1 aromatic carbocycles. The van der Waals surface area contributed by atoms with Crippen molar-refractivity contribution < 1.29 is 23.8 Å². The monoisotopic (exact) mass is 384 g/mol. The predicted molar refractivity (Wildman–Crippen MR) is 101 cm³/mol. The second kappa shape index (κ2) is 6.24. The molecule has 4 aliphatic rings. The molecular formula is C21H24N2O5. The van der Waals surface area contributed by atoms with E-state index in [4.69, 9.17) is 14.2 Å². The minimum Gasteiger partial charge on any atom is -0.454 e. The maximum absolute atomic E-state index is 13.3. The Morgan fingerprint density at radius 3 is 2.82 bits per heavy atom. The number of hydrogen-bond donors (Lipinski definition) is 1. The molecule has 7 nitrogen and oxygen atoms in total. The standard InChI is InChI=1S/C21H24N2O5/c1-3-5-12-8-15-16(27-11-26-15)9-13(12)22-19(24)17-14-6-7-21(28-14)10-23(4-2)20(25)18(17)21/h6-9,14,17-18H,3-5,10-11H2,1-2H3,(H,22,24)/t14-,17+,18+,21+/m1/s1. The molecule has 2 bridgehead atoms. The summed E-state index contributed by atoms with van der Waals surface area (Å²) < 4.78 is 17.1. The quantitative estimate of drug-likeness (QED) is 0.787. The highest BCUT2D eigenvalue weighted by atomic mass is 16.7. The van der Waals surface area contributed by atoms with Gasteiger partial charge >= 0.3 is 0 Å². The van der Waals surface area contributed by atoms with Gasteiger partial charge in [0, 0.05) is 18.3 Å². The first-order chi connectivity index (χ1) is 13.6. The number of anilines is 1. The molecule has 0 aliphatic carbocycles. The highest BCUT2D eigenvalue weighted by Crippen LogP contribution is 2.52. The summed E-state index contributed by atoms with van der Waals surface area (Å²) in [5.74, 6) is 0.193. The molecule has 5 rings (SSSR count). The van der Waals surface area contributed by atoms with E-state index in [0.29, 0.717) is 24.6 Å². The average molecular weight is 384 g/mol. The van der Waals surface area contributed by atoms with E-state index in [2.05, 4.69) is 12.2 Å². The maximum atomic E-state index is 13.3. The van der Waals surface area contributed by atoms with E-state index in [1.807, 2.05) is 31.2 Å². The summed E-state index contributed by atoms with van der Waals surface area (Å²) in [6.07, 6.45) is 5.31. The van der Waals surface area contributed by atoms with Crippen LogP contribution in [-0.2, 0) is 20.7 Å². The zero-order chi connectivity index (χ0) is 19.5. The van der Waals surface area contributed by atoms with E-state index < -0.39 is 17.4 Å². The van der Waals surface area contributed by atoms with Crippen LogP contribution in [0.3, 0.4) is 0 Å². The van der Waals surface area contributed by atoms with Crippen LogP contribution in [-0.4, -0.2) is 48.3 Å². The molecule has 28 heavy (non-hydrogen) atoms. The number of amides is 2. The molecule has 0 aromatic heterocycles. The molecule has 0 unspecified atom stereocenters. The first-order valence-corrected chi connectivity index (χ1v) is 9.95. The van der Waals surface area contributed by atoms with E-state index in [1.165, 1.54) is 0 Å². The Balaban J connectivity index is 1.44. The number of nitrogens with one attached hydrogen (secondary N) is 1. The van der Waals surface area contributed by atoms with Gasteiger partial charge < -0.3 is 24.4 Å². The normalized spacial score (nSPS) is 31.6. The Morgan fingerprint density at radius 1 is 1.29 bits per heavy atom. The van der Waals surface area contributed by atoms with Crippen molar-refractivity contribution in [2.75, 3.05) is 25.2 Å². The van der Waals surface area contributed by atoms with Gasteiger partial charge in [0.2, 0.25) is 18.6 Å². The smallest absolute Gasteiger partial charge is 0.231 e. The summed E-state index contributed by atoms with van der Waals surface area (Å²) >= 11 is 0. The predicted octanol–water partition coefficient (Wildman–Crippen LogP) is 2.11. The van der Waals surface area contributed by atoms with Gasteiger partial charge in [-0.3, -0.25) is 9.59 Å². The number of rotatable bonds is 5. The number of nitrogens with zero attached hydrogens (tertiary/aromatic N) is 1. The Morgan fingerprint density at radius 2 is 2.07 bits per heavy atom. The van der Waals surface area contributed by atoms with Crippen molar-refractivity contribution in [1.29, 1.82) is 0 Å². The van der Waals surface area contributed by atoms with Gasteiger partial charge in [-0.05, 0) is 25.0 Å². The summed E-state index contributed by atoms with van der Waals surface area (Å²) in [6.45, 7) is 5.37. The SMILES string of the molecule is CCCc1cc2c(cc1NC(=O)[C@@H]1[C@H]3C(=O)N(CC)C[C@@]34C=C[C@H]1O4)OCO2. The molecule has 0 radical (unpaired) electrons. The fourth-order valence-corrected chi connectivity index (χ4v) is 4.94. The number of benzene rings is 1. The van der Waals surface area contributed by atoms with Gasteiger partial charge in [-0.1, -0.05) is 25.5 Å². The lowest BCUT2D eigenvalue weighted by Gasteiger charge is -2.24. The molecule has 4 heterocycles. The third-order valence-electron chi connectivity index (χ3n) is 6.24. The van der Waals surface area contributed by atoms with Gasteiger partial charge in [-0.2, -0.15) is 0 Å². The maximum Gasteiger partial charge on any atom is 0.231 e. The van der Waals surface area contributed by atoms with Gasteiger partial charge in [0.25, 0.3) is 0 Å². The van der Waals surface area contributed by atoms with Gasteiger partial charge in [-0.25, -0.2) is 0 Å². The zero-order valence-electron chi connectivity index (χ0n) is 16.1. The highest BCUT2D eigenvalue weighted by Gasteiger charge is 2.66. The van der Waals surface area contributed by atoms with Crippen LogP contribution in [0.5, 0.6) is 11.5 Å². The number of ether oxygens (including phenoxy) is 3. The van der Waals surface area contributed by atoms with Crippen LogP contribution in [0.15, 0.2) is 24.3 Å². The van der Waals surface area contributed by atoms with E-state index in [0.717, 1.165) is 24.1 Å². The van der Waals surface area contributed by atoms with Gasteiger partial charge in [0.05, 0.1) is 24.5 Å². The Bertz CT molecular complexity index is 882. The zero-order valence-corrected chi connectivity index (χ0v) is 16.1. The fraction of sp³-hybridized carbons (Fsp3) is 0.524. The molecule has 2 amide bonds. The number of carbonyl (C=O) groups excluding carboxylic acids is 2. The molecule has 4 aliphatic heterocycles. The highest BCUT2D eigenvalue weighted by molar-refractivity contribution is 5.99. The van der Waals surface area contributed by atoms with Crippen LogP contribution >= 0.6 is 0 Å². The number of hydrogen-bond acceptors (Lipinski definition) is 5. The van der Waals surface area contributed by atoms with Crippen molar-refractivity contribution in [3.8, 4) is 11.5 Å². The molecule has 2 fully saturated rings. The number of likely N-dealkylation sites (N-methyl/N-ethyl adjacent to an activating group) is 1. The molecule has 0 saturated carbocycles. The van der Waals surface area contributed by atoms with Crippen molar-refractivity contribution in [3.05, 3.63) is 29.8 Å². The lowest BCUT2D eigenvalue weighted by Crippen LogP contribution is -2.41. The number of carbonyl (C=O) groups is 2. The third-order valence-corrected chi connectivity index (χ3v) is 6.24. The van der Waals surface area contributed by atoms with Crippen LogP contribution in [0.1, 0.15) is 25.8 Å². The van der Waals surface area contributed by atoms with E-state index in [-0.39, 0.29) is 24.7 Å². The van der Waals surface area contributed by atoms with E-state index >= 15 is 0 Å². The Kier molecular flexibility index (Phi) is 3.91. The summed E-state index contributed by atoms with van der Waals surface area (Å²) in [5, 5.41) is 3.06.